The zero-order chi connectivity index (χ0) is 15.4. The van der Waals surface area contributed by atoms with E-state index in [1.54, 1.807) is 28.9 Å². The van der Waals surface area contributed by atoms with Crippen LogP contribution in [0.25, 0.3) is 0 Å². The van der Waals surface area contributed by atoms with Crippen molar-refractivity contribution in [2.45, 2.75) is 13.3 Å². The van der Waals surface area contributed by atoms with Crippen LogP contribution in [-0.4, -0.2) is 59.5 Å². The topological polar surface area (TPSA) is 60.9 Å². The zero-order valence-electron chi connectivity index (χ0n) is 12.0. The summed E-state index contributed by atoms with van der Waals surface area (Å²) in [5.74, 6) is -1.68. The lowest BCUT2D eigenvalue weighted by Gasteiger charge is -2.21. The van der Waals surface area contributed by atoms with Crippen LogP contribution >= 0.6 is 0 Å². The molecule has 1 saturated heterocycles. The Morgan fingerprint density at radius 3 is 2.71 bits per heavy atom. The highest BCUT2D eigenvalue weighted by Gasteiger charge is 2.23. The molecule has 1 aromatic carbocycles. The van der Waals surface area contributed by atoms with Crippen LogP contribution in [-0.2, 0) is 4.79 Å². The van der Waals surface area contributed by atoms with Crippen LogP contribution < -0.4 is 0 Å². The molecule has 0 bridgehead atoms. The molecule has 1 heterocycles. The van der Waals surface area contributed by atoms with Crippen LogP contribution in [0.2, 0.25) is 0 Å². The van der Waals surface area contributed by atoms with Crippen molar-refractivity contribution in [2.24, 2.45) is 0 Å². The molecule has 1 N–H and O–H groups in total. The van der Waals surface area contributed by atoms with Crippen molar-refractivity contribution in [2.75, 3.05) is 32.7 Å². The third-order valence-electron chi connectivity index (χ3n) is 3.66. The SMILES string of the molecule is Cc1cccc(C(=O)N2CCCN(CC(=O)O)CC2)c1F. The molecule has 1 aliphatic heterocycles. The van der Waals surface area contributed by atoms with Gasteiger partial charge in [-0.25, -0.2) is 4.39 Å². The molecular formula is C15H19FN2O3. The Bertz CT molecular complexity index is 548. The number of carboxylic acids is 1. The number of aliphatic carboxylic acids is 1. The van der Waals surface area contributed by atoms with Gasteiger partial charge < -0.3 is 10.0 Å². The van der Waals surface area contributed by atoms with Crippen molar-refractivity contribution in [3.05, 3.63) is 35.1 Å². The summed E-state index contributed by atoms with van der Waals surface area (Å²) in [6.45, 7) is 3.66. The molecule has 21 heavy (non-hydrogen) atoms. The van der Waals surface area contributed by atoms with Crippen molar-refractivity contribution in [3.8, 4) is 0 Å². The van der Waals surface area contributed by atoms with Crippen molar-refractivity contribution in [1.29, 1.82) is 0 Å². The first kappa shape index (κ1) is 15.4. The Morgan fingerprint density at radius 1 is 1.24 bits per heavy atom. The van der Waals surface area contributed by atoms with Crippen LogP contribution in [0, 0.1) is 12.7 Å². The second kappa shape index (κ2) is 6.67. The maximum Gasteiger partial charge on any atom is 0.317 e. The highest BCUT2D eigenvalue weighted by Crippen LogP contribution is 2.15. The fraction of sp³-hybridized carbons (Fsp3) is 0.467. The quantitative estimate of drug-likeness (QED) is 0.914. The van der Waals surface area contributed by atoms with Crippen LogP contribution in [0.5, 0.6) is 0 Å². The van der Waals surface area contributed by atoms with E-state index in [1.165, 1.54) is 6.07 Å². The average molecular weight is 294 g/mol. The van der Waals surface area contributed by atoms with Gasteiger partial charge in [0, 0.05) is 26.2 Å². The lowest BCUT2D eigenvalue weighted by Crippen LogP contribution is -2.37. The summed E-state index contributed by atoms with van der Waals surface area (Å²) in [6, 6.07) is 4.79. The van der Waals surface area contributed by atoms with Gasteiger partial charge in [0.2, 0.25) is 0 Å². The number of benzene rings is 1. The van der Waals surface area contributed by atoms with Gasteiger partial charge in [-0.3, -0.25) is 14.5 Å². The largest absolute Gasteiger partial charge is 0.480 e. The smallest absolute Gasteiger partial charge is 0.317 e. The first-order valence-electron chi connectivity index (χ1n) is 6.97. The number of hydrogen-bond donors (Lipinski definition) is 1. The van der Waals surface area contributed by atoms with Gasteiger partial charge >= 0.3 is 5.97 Å². The zero-order valence-corrected chi connectivity index (χ0v) is 12.0. The number of carboxylic acid groups (broad SMARTS) is 1. The number of carbonyl (C=O) groups is 2. The molecule has 5 nitrogen and oxygen atoms in total. The van der Waals surface area contributed by atoms with E-state index in [4.69, 9.17) is 5.11 Å². The minimum atomic E-state index is -0.875. The van der Waals surface area contributed by atoms with Crippen LogP contribution in [0.4, 0.5) is 4.39 Å². The van der Waals surface area contributed by atoms with E-state index >= 15 is 0 Å². The van der Waals surface area contributed by atoms with E-state index in [0.717, 1.165) is 0 Å². The van der Waals surface area contributed by atoms with Gasteiger partial charge in [-0.2, -0.15) is 0 Å². The molecule has 1 fully saturated rings. The summed E-state index contributed by atoms with van der Waals surface area (Å²) in [5.41, 5.74) is 0.532. The molecule has 1 aliphatic rings. The van der Waals surface area contributed by atoms with Crippen molar-refractivity contribution in [1.82, 2.24) is 9.80 Å². The molecule has 114 valence electrons. The summed E-state index contributed by atoms with van der Waals surface area (Å²) in [5, 5.41) is 8.81. The van der Waals surface area contributed by atoms with Gasteiger partial charge in [0.1, 0.15) is 5.82 Å². The first-order valence-corrected chi connectivity index (χ1v) is 6.97. The summed E-state index contributed by atoms with van der Waals surface area (Å²) in [4.78, 5) is 26.5. The summed E-state index contributed by atoms with van der Waals surface area (Å²) >= 11 is 0. The predicted octanol–water partition coefficient (Wildman–Crippen LogP) is 1.37. The Labute approximate surface area is 123 Å². The predicted molar refractivity (Wildman–Crippen MR) is 75.7 cm³/mol. The molecule has 0 radical (unpaired) electrons. The fourth-order valence-corrected chi connectivity index (χ4v) is 2.51. The molecule has 6 heteroatoms. The molecule has 0 saturated carbocycles. The van der Waals surface area contributed by atoms with E-state index in [9.17, 15) is 14.0 Å². The van der Waals surface area contributed by atoms with Crippen molar-refractivity contribution in [3.63, 3.8) is 0 Å². The van der Waals surface area contributed by atoms with E-state index in [1.807, 2.05) is 0 Å². The number of rotatable bonds is 3. The Hall–Kier alpha value is -1.95. The van der Waals surface area contributed by atoms with E-state index < -0.39 is 11.8 Å². The monoisotopic (exact) mass is 294 g/mol. The van der Waals surface area contributed by atoms with Crippen molar-refractivity contribution < 1.29 is 19.1 Å². The number of aryl methyl sites for hydroxylation is 1. The minimum absolute atomic E-state index is 0.0269. The summed E-state index contributed by atoms with van der Waals surface area (Å²) < 4.78 is 14.0. The summed E-state index contributed by atoms with van der Waals surface area (Å²) in [7, 11) is 0. The fourth-order valence-electron chi connectivity index (χ4n) is 2.51. The second-order valence-corrected chi connectivity index (χ2v) is 5.25. The Kier molecular flexibility index (Phi) is 4.90. The van der Waals surface area contributed by atoms with Gasteiger partial charge in [0.25, 0.3) is 5.91 Å². The molecule has 2 rings (SSSR count). The van der Waals surface area contributed by atoms with Gasteiger partial charge in [-0.1, -0.05) is 12.1 Å². The molecule has 0 aromatic heterocycles. The molecular weight excluding hydrogens is 275 g/mol. The second-order valence-electron chi connectivity index (χ2n) is 5.25. The molecule has 1 amide bonds. The van der Waals surface area contributed by atoms with E-state index in [0.29, 0.717) is 38.2 Å². The first-order chi connectivity index (χ1) is 9.99. The van der Waals surface area contributed by atoms with Crippen LogP contribution in [0.15, 0.2) is 18.2 Å². The average Bonchev–Trinajstić information content (AvgIpc) is 2.66. The maximum atomic E-state index is 14.0. The summed E-state index contributed by atoms with van der Waals surface area (Å²) in [6.07, 6.45) is 0.687. The molecule has 0 atom stereocenters. The van der Waals surface area contributed by atoms with E-state index in [2.05, 4.69) is 0 Å². The molecule has 0 spiro atoms. The van der Waals surface area contributed by atoms with Gasteiger partial charge in [0.05, 0.1) is 12.1 Å². The molecule has 1 aromatic rings. The van der Waals surface area contributed by atoms with Crippen LogP contribution in [0.1, 0.15) is 22.3 Å². The third-order valence-corrected chi connectivity index (χ3v) is 3.66. The normalized spacial score (nSPS) is 16.6. The lowest BCUT2D eigenvalue weighted by molar-refractivity contribution is -0.138. The third kappa shape index (κ3) is 3.78. The molecule has 0 unspecified atom stereocenters. The van der Waals surface area contributed by atoms with Crippen molar-refractivity contribution >= 4 is 11.9 Å². The maximum absolute atomic E-state index is 14.0. The van der Waals surface area contributed by atoms with Gasteiger partial charge in [-0.05, 0) is 25.0 Å². The highest BCUT2D eigenvalue weighted by molar-refractivity contribution is 5.94. The standard InChI is InChI=1S/C15H19FN2O3/c1-11-4-2-5-12(14(11)16)15(21)18-7-3-6-17(8-9-18)10-13(19)20/h2,4-5H,3,6-10H2,1H3,(H,19,20). The highest BCUT2D eigenvalue weighted by atomic mass is 19.1. The van der Waals surface area contributed by atoms with Crippen LogP contribution in [0.3, 0.4) is 0 Å². The Morgan fingerprint density at radius 2 is 2.00 bits per heavy atom. The number of amides is 1. The number of hydrogen-bond acceptors (Lipinski definition) is 3. The number of halogens is 1. The van der Waals surface area contributed by atoms with E-state index in [-0.39, 0.29) is 18.0 Å². The lowest BCUT2D eigenvalue weighted by atomic mass is 10.1. The number of carbonyl (C=O) groups excluding carboxylic acids is 1. The van der Waals surface area contributed by atoms with Gasteiger partial charge in [0.15, 0.2) is 0 Å². The molecule has 0 aliphatic carbocycles. The number of nitrogens with zero attached hydrogens (tertiary/aromatic N) is 2. The Balaban J connectivity index is 2.06. The van der Waals surface area contributed by atoms with Gasteiger partial charge in [-0.15, -0.1) is 0 Å². The minimum Gasteiger partial charge on any atom is -0.480 e.